The molecule has 2 aromatic carbocycles. The first-order valence-corrected chi connectivity index (χ1v) is 10.2. The summed E-state index contributed by atoms with van der Waals surface area (Å²) in [5.74, 6) is 0.755. The van der Waals surface area contributed by atoms with E-state index in [9.17, 15) is 0 Å². The number of ether oxygens (including phenoxy) is 3. The first-order chi connectivity index (χ1) is 15.7. The number of benzene rings is 2. The van der Waals surface area contributed by atoms with Crippen LogP contribution in [0.2, 0.25) is 0 Å². The molecule has 0 atom stereocenters. The van der Waals surface area contributed by atoms with Gasteiger partial charge in [0.2, 0.25) is 6.79 Å². The molecule has 0 saturated carbocycles. The number of pyridine rings is 2. The number of methoxy groups -OCH3 is 1. The minimum Gasteiger partial charge on any atom is -0.454 e. The van der Waals surface area contributed by atoms with Crippen LogP contribution in [0.4, 0.5) is 21.5 Å². The Morgan fingerprint density at radius 3 is 2.69 bits per heavy atom. The third kappa shape index (κ3) is 3.88. The van der Waals surface area contributed by atoms with Crippen molar-refractivity contribution in [3.63, 3.8) is 0 Å². The molecule has 1 aliphatic heterocycles. The maximum Gasteiger partial charge on any atom is 0.231 e. The van der Waals surface area contributed by atoms with E-state index < -0.39 is 5.82 Å². The lowest BCUT2D eigenvalue weighted by atomic mass is 10.1. The van der Waals surface area contributed by atoms with Crippen molar-refractivity contribution in [2.45, 2.75) is 0 Å². The number of anilines is 3. The highest BCUT2D eigenvalue weighted by Crippen LogP contribution is 2.39. The summed E-state index contributed by atoms with van der Waals surface area (Å²) in [4.78, 5) is 8.69. The molecule has 2 N–H and O–H groups in total. The molecule has 0 radical (unpaired) electrons. The monoisotopic (exact) mass is 432 g/mol. The maximum absolute atomic E-state index is 15.8. The maximum atomic E-state index is 15.8. The summed E-state index contributed by atoms with van der Waals surface area (Å²) in [6.45, 7) is 1.38. The Morgan fingerprint density at radius 2 is 1.84 bits per heavy atom. The summed E-state index contributed by atoms with van der Waals surface area (Å²) in [6, 6.07) is 14.5. The van der Waals surface area contributed by atoms with Crippen molar-refractivity contribution >= 4 is 28.0 Å². The predicted octanol–water partition coefficient (Wildman–Crippen LogP) is 4.97. The van der Waals surface area contributed by atoms with Gasteiger partial charge in [-0.3, -0.25) is 4.98 Å². The molecule has 32 heavy (non-hydrogen) atoms. The third-order valence-electron chi connectivity index (χ3n) is 5.16. The molecule has 0 unspecified atom stereocenters. The van der Waals surface area contributed by atoms with Crippen LogP contribution in [0.3, 0.4) is 0 Å². The molecule has 2 aromatic heterocycles. The van der Waals surface area contributed by atoms with Gasteiger partial charge < -0.3 is 24.8 Å². The van der Waals surface area contributed by atoms with Crippen LogP contribution in [0.15, 0.2) is 60.9 Å². The number of halogens is 1. The SMILES string of the molecule is COCCNc1ccc2c(Nc3ccncc3)c(F)c(-c3ccc4c(c3)OCO4)nc2c1. The lowest BCUT2D eigenvalue weighted by Gasteiger charge is -2.15. The minimum atomic E-state index is -0.451. The van der Waals surface area contributed by atoms with Crippen molar-refractivity contribution in [1.82, 2.24) is 9.97 Å². The molecule has 0 fully saturated rings. The van der Waals surface area contributed by atoms with Gasteiger partial charge in [-0.25, -0.2) is 9.37 Å². The second-order valence-corrected chi connectivity index (χ2v) is 7.23. The van der Waals surface area contributed by atoms with E-state index in [1.165, 1.54) is 0 Å². The molecule has 0 aliphatic carbocycles. The molecule has 7 nitrogen and oxygen atoms in total. The number of hydrogen-bond acceptors (Lipinski definition) is 7. The number of nitrogens with zero attached hydrogens (tertiary/aromatic N) is 2. The van der Waals surface area contributed by atoms with Crippen LogP contribution in [-0.4, -0.2) is 37.0 Å². The van der Waals surface area contributed by atoms with E-state index in [-0.39, 0.29) is 12.5 Å². The van der Waals surface area contributed by atoms with Crippen molar-refractivity contribution in [1.29, 1.82) is 0 Å². The Kier molecular flexibility index (Phi) is 5.43. The normalized spacial score (nSPS) is 12.2. The molecule has 0 amide bonds. The van der Waals surface area contributed by atoms with Gasteiger partial charge in [-0.1, -0.05) is 0 Å². The van der Waals surface area contributed by atoms with Crippen molar-refractivity contribution in [3.05, 3.63) is 66.7 Å². The Bertz CT molecular complexity index is 1270. The standard InChI is InChI=1S/C24H21FN4O3/c1-30-11-10-27-17-3-4-18-19(13-17)29-23(15-2-5-20-21(12-15)32-14-31-20)22(25)24(18)28-16-6-8-26-9-7-16/h2-9,12-13,27H,10-11,14H2,1H3,(H,26,28,29). The van der Waals surface area contributed by atoms with Crippen LogP contribution < -0.4 is 20.1 Å². The van der Waals surface area contributed by atoms with E-state index >= 15 is 4.39 Å². The molecule has 3 heterocycles. The van der Waals surface area contributed by atoms with Gasteiger partial charge in [0.1, 0.15) is 5.69 Å². The van der Waals surface area contributed by atoms with Crippen LogP contribution in [0, 0.1) is 5.82 Å². The van der Waals surface area contributed by atoms with Crippen LogP contribution in [0.1, 0.15) is 0 Å². The van der Waals surface area contributed by atoms with E-state index in [1.807, 2.05) is 18.2 Å². The van der Waals surface area contributed by atoms with Gasteiger partial charge in [-0.05, 0) is 48.5 Å². The molecule has 8 heteroatoms. The molecular weight excluding hydrogens is 411 g/mol. The van der Waals surface area contributed by atoms with Gasteiger partial charge in [0, 0.05) is 48.4 Å². The molecular formula is C24H21FN4O3. The summed E-state index contributed by atoms with van der Waals surface area (Å²) >= 11 is 0. The zero-order valence-corrected chi connectivity index (χ0v) is 17.4. The summed E-state index contributed by atoms with van der Waals surface area (Å²) in [7, 11) is 1.65. The number of fused-ring (bicyclic) bond motifs is 2. The highest BCUT2D eigenvalue weighted by Gasteiger charge is 2.20. The molecule has 4 aromatic rings. The molecule has 162 valence electrons. The minimum absolute atomic E-state index is 0.151. The van der Waals surface area contributed by atoms with E-state index in [0.29, 0.717) is 46.8 Å². The zero-order chi connectivity index (χ0) is 21.9. The topological polar surface area (TPSA) is 77.5 Å². The summed E-state index contributed by atoms with van der Waals surface area (Å²) in [6.07, 6.45) is 3.31. The first kappa shape index (κ1) is 20.0. The van der Waals surface area contributed by atoms with Crippen LogP contribution in [0.5, 0.6) is 11.5 Å². The van der Waals surface area contributed by atoms with Crippen molar-refractivity contribution in [3.8, 4) is 22.8 Å². The van der Waals surface area contributed by atoms with Gasteiger partial charge >= 0.3 is 0 Å². The van der Waals surface area contributed by atoms with Crippen LogP contribution in [-0.2, 0) is 4.74 Å². The summed E-state index contributed by atoms with van der Waals surface area (Å²) in [5.41, 5.74) is 3.42. The molecule has 1 aliphatic rings. The highest BCUT2D eigenvalue weighted by atomic mass is 19.1. The number of nitrogens with one attached hydrogen (secondary N) is 2. The van der Waals surface area contributed by atoms with Crippen molar-refractivity contribution in [2.75, 3.05) is 37.7 Å². The lowest BCUT2D eigenvalue weighted by Crippen LogP contribution is -2.07. The van der Waals surface area contributed by atoms with E-state index in [4.69, 9.17) is 14.2 Å². The van der Waals surface area contributed by atoms with Gasteiger partial charge in [0.25, 0.3) is 0 Å². The fraction of sp³-hybridized carbons (Fsp3) is 0.167. The lowest BCUT2D eigenvalue weighted by molar-refractivity contribution is 0.174. The second kappa shape index (κ2) is 8.68. The Morgan fingerprint density at radius 1 is 1.00 bits per heavy atom. The third-order valence-corrected chi connectivity index (χ3v) is 5.16. The van der Waals surface area contributed by atoms with E-state index in [1.54, 1.807) is 49.8 Å². The van der Waals surface area contributed by atoms with Gasteiger partial charge in [-0.15, -0.1) is 0 Å². The average molecular weight is 432 g/mol. The zero-order valence-electron chi connectivity index (χ0n) is 17.4. The Balaban J connectivity index is 1.64. The second-order valence-electron chi connectivity index (χ2n) is 7.23. The van der Waals surface area contributed by atoms with Crippen LogP contribution >= 0.6 is 0 Å². The summed E-state index contributed by atoms with van der Waals surface area (Å²) < 4.78 is 31.8. The summed E-state index contributed by atoms with van der Waals surface area (Å²) in [5, 5.41) is 7.16. The largest absolute Gasteiger partial charge is 0.454 e. The van der Waals surface area contributed by atoms with E-state index in [0.717, 1.165) is 11.4 Å². The van der Waals surface area contributed by atoms with Crippen LogP contribution in [0.25, 0.3) is 22.2 Å². The quantitative estimate of drug-likeness (QED) is 0.400. The molecule has 0 spiro atoms. The number of hydrogen-bond donors (Lipinski definition) is 2. The van der Waals surface area contributed by atoms with Gasteiger partial charge in [0.05, 0.1) is 17.8 Å². The molecule has 5 rings (SSSR count). The Hall–Kier alpha value is -3.91. The van der Waals surface area contributed by atoms with Crippen molar-refractivity contribution in [2.24, 2.45) is 0 Å². The fourth-order valence-electron chi connectivity index (χ4n) is 3.59. The predicted molar refractivity (Wildman–Crippen MR) is 121 cm³/mol. The molecule has 0 bridgehead atoms. The number of aromatic nitrogens is 2. The van der Waals surface area contributed by atoms with Gasteiger partial charge in [-0.2, -0.15) is 0 Å². The first-order valence-electron chi connectivity index (χ1n) is 10.2. The highest BCUT2D eigenvalue weighted by molar-refractivity contribution is 5.97. The van der Waals surface area contributed by atoms with Gasteiger partial charge in [0.15, 0.2) is 17.3 Å². The average Bonchev–Trinajstić information content (AvgIpc) is 3.29. The Labute approximate surface area is 184 Å². The fourth-order valence-corrected chi connectivity index (χ4v) is 3.59. The smallest absolute Gasteiger partial charge is 0.231 e. The van der Waals surface area contributed by atoms with E-state index in [2.05, 4.69) is 20.6 Å². The molecule has 0 saturated heterocycles. The number of rotatable bonds is 7. The van der Waals surface area contributed by atoms with Crippen molar-refractivity contribution < 1.29 is 18.6 Å².